The van der Waals surface area contributed by atoms with Gasteiger partial charge in [0.15, 0.2) is 0 Å². The molecule has 4 N–H and O–H groups in total. The second-order valence-electron chi connectivity index (χ2n) is 26.6. The zero-order valence-electron chi connectivity index (χ0n) is 51.3. The first-order valence-corrected chi connectivity index (χ1v) is 31.5. The number of likely N-dealkylation sites (N-methyl/N-ethyl adjacent to an activating group) is 2. The van der Waals surface area contributed by atoms with Gasteiger partial charge in [0.1, 0.15) is 47.5 Å². The lowest BCUT2D eigenvalue weighted by Crippen LogP contribution is -2.58. The Balaban J connectivity index is 0.891. The molecule has 2 aromatic rings. The van der Waals surface area contributed by atoms with Crippen molar-refractivity contribution in [2.75, 3.05) is 38.8 Å². The Morgan fingerprint density at radius 3 is 1.32 bits per heavy atom. The summed E-state index contributed by atoms with van der Waals surface area (Å²) < 4.78 is 24.1. The highest BCUT2D eigenvalue weighted by molar-refractivity contribution is 8.00. The maximum absolute atomic E-state index is 14.8. The largest absolute Gasteiger partial charge is 0.444 e. The molecule has 0 aromatic heterocycles. The van der Waals surface area contributed by atoms with Crippen LogP contribution in [0.5, 0.6) is 0 Å². The average Bonchev–Trinajstić information content (AvgIpc) is 1.89. The number of hydrogen-bond acceptors (Lipinski definition) is 14. The van der Waals surface area contributed by atoms with Crippen LogP contribution in [0.3, 0.4) is 0 Å². The average molecular weight is 1200 g/mol. The van der Waals surface area contributed by atoms with Crippen LogP contribution in [0.25, 0.3) is 0 Å². The van der Waals surface area contributed by atoms with E-state index in [0.717, 1.165) is 22.3 Å². The Kier molecular flexibility index (Phi) is 19.6. The number of fused-ring (bicyclic) bond motifs is 4. The molecule has 8 amide bonds. The molecule has 0 unspecified atom stereocenters. The van der Waals surface area contributed by atoms with Crippen molar-refractivity contribution in [2.45, 2.75) is 204 Å². The van der Waals surface area contributed by atoms with Gasteiger partial charge in [0.25, 0.3) is 0 Å². The summed E-state index contributed by atoms with van der Waals surface area (Å²) in [7, 11) is 2.97. The number of thioether (sulfide) groups is 2. The van der Waals surface area contributed by atoms with Crippen LogP contribution in [0.2, 0.25) is 0 Å². The molecule has 0 saturated carbocycles. The van der Waals surface area contributed by atoms with Gasteiger partial charge in [-0.2, -0.15) is 0 Å². The number of hydrogen-bond donors (Lipinski definition) is 4. The minimum atomic E-state index is -0.926. The Morgan fingerprint density at radius 2 is 0.964 bits per heavy atom. The lowest BCUT2D eigenvalue weighted by atomic mass is 9.83. The van der Waals surface area contributed by atoms with Crippen molar-refractivity contribution in [3.8, 4) is 0 Å². The zero-order valence-corrected chi connectivity index (χ0v) is 52.9. The fourth-order valence-corrected chi connectivity index (χ4v) is 15.5. The summed E-state index contributed by atoms with van der Waals surface area (Å²) in [5.41, 5.74) is 1.23. The third-order valence-electron chi connectivity index (χ3n) is 17.0. The smallest absolute Gasteiger partial charge is 0.410 e. The molecule has 4 fully saturated rings. The van der Waals surface area contributed by atoms with Crippen LogP contribution in [-0.2, 0) is 60.6 Å². The van der Waals surface area contributed by atoms with E-state index in [0.29, 0.717) is 50.0 Å². The molecule has 0 radical (unpaired) electrons. The first kappa shape index (κ1) is 64.2. The molecule has 460 valence electrons. The molecule has 84 heavy (non-hydrogen) atoms. The van der Waals surface area contributed by atoms with E-state index in [4.69, 9.17) is 18.9 Å². The first-order valence-electron chi connectivity index (χ1n) is 29.4. The summed E-state index contributed by atoms with van der Waals surface area (Å²) in [6.07, 6.45) is 4.57. The minimum Gasteiger partial charge on any atom is -0.444 e. The molecule has 8 rings (SSSR count). The normalized spacial score (nSPS) is 27.7. The quantitative estimate of drug-likeness (QED) is 0.127. The fourth-order valence-electron chi connectivity index (χ4n) is 12.4. The molecular formula is C62H88N8O12S2. The number of nitrogens with one attached hydrogen (secondary N) is 4. The summed E-state index contributed by atoms with van der Waals surface area (Å²) in [5.74, 6) is -1.13. The van der Waals surface area contributed by atoms with Crippen molar-refractivity contribution < 1.29 is 57.3 Å². The molecule has 4 saturated heterocycles. The third-order valence-corrected chi connectivity index (χ3v) is 19.5. The van der Waals surface area contributed by atoms with E-state index in [1.807, 2.05) is 88.4 Å². The lowest BCUT2D eigenvalue weighted by molar-refractivity contribution is -0.144. The van der Waals surface area contributed by atoms with Gasteiger partial charge in [-0.15, -0.1) is 23.5 Å². The van der Waals surface area contributed by atoms with Crippen molar-refractivity contribution in [3.05, 3.63) is 82.9 Å². The molecule has 4 heterocycles. The number of carbonyl (C=O) groups excluding carboxylic acids is 8. The number of carbonyl (C=O) groups is 8. The minimum absolute atomic E-state index is 0.210. The molecule has 22 heteroatoms. The maximum atomic E-state index is 14.8. The number of ether oxygens (including phenoxy) is 4. The molecule has 2 aromatic carbocycles. The Morgan fingerprint density at radius 1 is 0.607 bits per heavy atom. The van der Waals surface area contributed by atoms with Gasteiger partial charge in [-0.1, -0.05) is 88.4 Å². The molecule has 12 atom stereocenters. The van der Waals surface area contributed by atoms with Gasteiger partial charge < -0.3 is 50.0 Å². The molecule has 0 bridgehead atoms. The van der Waals surface area contributed by atoms with E-state index in [1.165, 1.54) is 23.9 Å². The standard InChI is InChI=1S/C62H88N8O12S2/c1-35(67(13)57(77)81-59(3,4)5)51(71)63-41-25-29-83-45-33-61(9,10)49(69(45)55(41)75)53(73)65-47-39-23-17-15-21-37(39)31-43(47)79-27-19-20-28-80-44-32-38-22-16-18-24-40(38)48(44)66-54(74)50-62(11,12)34-46-70(50)56(76)42(26-30-84-46)64-52(72)36(2)68(14)58(78)82-60(6,7)8/h15-24,35-36,41-50H,25-34H2,1-14H3,(H,63,71)(H,64,72)(H,65,73)(H,66,74)/t35-,36-,41-,42-,43+,44+,45-,46-,47-,48-,49+,50+/m0/s1. The molecular weight excluding hydrogens is 1110 g/mol. The van der Waals surface area contributed by atoms with Crippen molar-refractivity contribution in [3.63, 3.8) is 0 Å². The van der Waals surface area contributed by atoms with Crippen LogP contribution < -0.4 is 21.3 Å². The third kappa shape index (κ3) is 14.3. The number of rotatable bonds is 16. The van der Waals surface area contributed by atoms with Crippen LogP contribution >= 0.6 is 23.5 Å². The number of benzene rings is 2. The molecule has 2 aliphatic carbocycles. The summed E-state index contributed by atoms with van der Waals surface area (Å²) in [6, 6.07) is 9.45. The topological polar surface area (TPSA) is 235 Å². The highest BCUT2D eigenvalue weighted by Crippen LogP contribution is 2.49. The van der Waals surface area contributed by atoms with Crippen LogP contribution in [0, 0.1) is 10.8 Å². The maximum Gasteiger partial charge on any atom is 0.410 e. The molecule has 20 nitrogen and oxygen atoms in total. The molecule has 6 aliphatic rings. The van der Waals surface area contributed by atoms with E-state index in [9.17, 15) is 38.4 Å². The van der Waals surface area contributed by atoms with Crippen LogP contribution in [0.4, 0.5) is 9.59 Å². The highest BCUT2D eigenvalue weighted by Gasteiger charge is 2.57. The van der Waals surface area contributed by atoms with Crippen molar-refractivity contribution >= 4 is 71.2 Å². The van der Waals surface area contributed by atoms with Gasteiger partial charge >= 0.3 is 12.2 Å². The summed E-state index contributed by atoms with van der Waals surface area (Å²) in [6.45, 7) is 22.0. The summed E-state index contributed by atoms with van der Waals surface area (Å²) in [5, 5.41) is 11.9. The van der Waals surface area contributed by atoms with Gasteiger partial charge in [0.2, 0.25) is 35.4 Å². The molecule has 4 aliphatic heterocycles. The first-order chi connectivity index (χ1) is 39.4. The second-order valence-corrected chi connectivity index (χ2v) is 29.1. The van der Waals surface area contributed by atoms with Gasteiger partial charge in [0.05, 0.1) is 48.3 Å². The second kappa shape index (κ2) is 25.6. The van der Waals surface area contributed by atoms with E-state index in [-0.39, 0.29) is 47.6 Å². The van der Waals surface area contributed by atoms with Gasteiger partial charge in [-0.05, 0) is 126 Å². The molecule has 0 spiro atoms. The van der Waals surface area contributed by atoms with Crippen LogP contribution in [-0.4, -0.2) is 176 Å². The zero-order chi connectivity index (χ0) is 61.4. The lowest BCUT2D eigenvalue weighted by Gasteiger charge is -2.35. The Bertz CT molecular complexity index is 2670. The van der Waals surface area contributed by atoms with Crippen LogP contribution in [0.1, 0.15) is 143 Å². The van der Waals surface area contributed by atoms with Gasteiger partial charge in [-0.25, -0.2) is 9.59 Å². The predicted molar refractivity (Wildman–Crippen MR) is 321 cm³/mol. The highest BCUT2D eigenvalue weighted by atomic mass is 32.2. The SMILES string of the molecule is C[C@@H](C(=O)N[C@H]1CCS[C@H]2CC(C)(C)[C@@H](C(=O)N[C@H]3c4ccccc4C[C@H]3OCC=CCO[C@@H]3Cc4ccccc4[C@@H]3NC(=O)[C@H]3N4C(=O)[C@@H](NC(=O)[C@H](C)N(C)C(=O)OC(C)(C)C)CCS[C@H]4CC3(C)C)N2C1=O)N(C)C(=O)OC(C)(C)C. The Labute approximate surface area is 503 Å². The summed E-state index contributed by atoms with van der Waals surface area (Å²) in [4.78, 5) is 117. The van der Waals surface area contributed by atoms with E-state index >= 15 is 0 Å². The monoisotopic (exact) mass is 1200 g/mol. The van der Waals surface area contributed by atoms with Crippen molar-refractivity contribution in [2.24, 2.45) is 10.8 Å². The van der Waals surface area contributed by atoms with Crippen LogP contribution in [0.15, 0.2) is 60.7 Å². The Hall–Kier alpha value is -5.84. The number of amides is 8. The summed E-state index contributed by atoms with van der Waals surface area (Å²) >= 11 is 3.20. The van der Waals surface area contributed by atoms with E-state index in [2.05, 4.69) is 21.3 Å². The van der Waals surface area contributed by atoms with Crippen molar-refractivity contribution in [1.82, 2.24) is 40.9 Å². The van der Waals surface area contributed by atoms with Gasteiger partial charge in [-0.3, -0.25) is 38.6 Å². The van der Waals surface area contributed by atoms with Gasteiger partial charge in [0, 0.05) is 26.9 Å². The van der Waals surface area contributed by atoms with Crippen molar-refractivity contribution in [1.29, 1.82) is 0 Å². The number of nitrogens with zero attached hydrogens (tertiary/aromatic N) is 4. The van der Waals surface area contributed by atoms with E-state index < -0.39 is 107 Å². The predicted octanol–water partition coefficient (Wildman–Crippen LogP) is 6.80. The fraction of sp³-hybridized carbons (Fsp3) is 0.645. The van der Waals surface area contributed by atoms with E-state index in [1.54, 1.807) is 88.7 Å².